The lowest BCUT2D eigenvalue weighted by atomic mass is 10.1. The van der Waals surface area contributed by atoms with Gasteiger partial charge in [0, 0.05) is 16.1 Å². The summed E-state index contributed by atoms with van der Waals surface area (Å²) in [5, 5.41) is 2.37. The van der Waals surface area contributed by atoms with Crippen molar-refractivity contribution < 1.29 is 18.0 Å². The third kappa shape index (κ3) is 4.16. The van der Waals surface area contributed by atoms with Gasteiger partial charge < -0.3 is 11.1 Å². The molecule has 122 valence electrons. The Kier molecular flexibility index (Phi) is 5.15. The molecule has 3 nitrogen and oxygen atoms in total. The van der Waals surface area contributed by atoms with E-state index >= 15 is 0 Å². The van der Waals surface area contributed by atoms with Crippen molar-refractivity contribution >= 4 is 23.2 Å². The molecular weight excluding hydrogens is 329 g/mol. The summed E-state index contributed by atoms with van der Waals surface area (Å²) in [5.41, 5.74) is 4.56. The second-order valence-corrected chi connectivity index (χ2v) is 5.36. The third-order valence-electron chi connectivity index (χ3n) is 3.23. The number of nitrogens with two attached hydrogens (primary N) is 1. The molecule has 0 aliphatic rings. The fraction of sp³-hybridized carbons (Fsp3) is 0.188. The Bertz CT molecular complexity index is 708. The first-order valence-electron chi connectivity index (χ1n) is 6.73. The SMILES string of the molecule is NC(=O)Cc1c(Cl)ccc(NCC(F)(F)c2ccccc2)c1F. The minimum absolute atomic E-state index is 0.0154. The van der Waals surface area contributed by atoms with E-state index in [1.165, 1.54) is 36.4 Å². The summed E-state index contributed by atoms with van der Waals surface area (Å²) < 4.78 is 42.4. The van der Waals surface area contributed by atoms with Crippen molar-refractivity contribution in [2.24, 2.45) is 5.73 Å². The van der Waals surface area contributed by atoms with Gasteiger partial charge in [-0.3, -0.25) is 4.79 Å². The van der Waals surface area contributed by atoms with Gasteiger partial charge in [0.15, 0.2) is 5.82 Å². The highest BCUT2D eigenvalue weighted by molar-refractivity contribution is 6.31. The number of carbonyl (C=O) groups is 1. The van der Waals surface area contributed by atoms with E-state index in [-0.39, 0.29) is 21.8 Å². The summed E-state index contributed by atoms with van der Waals surface area (Å²) >= 11 is 5.81. The molecule has 3 N–H and O–H groups in total. The average Bonchev–Trinajstić information content (AvgIpc) is 2.51. The standard InChI is InChI=1S/C16H14ClF3N2O/c17-12-6-7-13(15(18)11(12)8-14(21)23)22-9-16(19,20)10-4-2-1-3-5-10/h1-7,22H,8-9H2,(H2,21,23). The van der Waals surface area contributed by atoms with Gasteiger partial charge in [-0.25, -0.2) is 4.39 Å². The van der Waals surface area contributed by atoms with E-state index in [1.807, 2.05) is 0 Å². The zero-order valence-corrected chi connectivity index (χ0v) is 12.7. The number of alkyl halides is 2. The maximum atomic E-state index is 14.3. The zero-order valence-electron chi connectivity index (χ0n) is 12.0. The molecule has 0 heterocycles. The molecule has 0 bridgehead atoms. The maximum absolute atomic E-state index is 14.3. The molecule has 0 unspecified atom stereocenters. The molecule has 2 aromatic carbocycles. The van der Waals surface area contributed by atoms with Crippen molar-refractivity contribution in [3.63, 3.8) is 0 Å². The average molecular weight is 343 g/mol. The number of hydrogen-bond donors (Lipinski definition) is 2. The molecule has 0 aliphatic heterocycles. The summed E-state index contributed by atoms with van der Waals surface area (Å²) in [6.07, 6.45) is -0.407. The smallest absolute Gasteiger partial charge is 0.290 e. The van der Waals surface area contributed by atoms with Gasteiger partial charge in [0.25, 0.3) is 5.92 Å². The van der Waals surface area contributed by atoms with Crippen LogP contribution in [0.4, 0.5) is 18.9 Å². The van der Waals surface area contributed by atoms with Crippen LogP contribution in [-0.2, 0) is 17.1 Å². The molecule has 0 fully saturated rings. The normalized spacial score (nSPS) is 11.3. The van der Waals surface area contributed by atoms with E-state index in [0.29, 0.717) is 0 Å². The Morgan fingerprint density at radius 1 is 1.17 bits per heavy atom. The fourth-order valence-electron chi connectivity index (χ4n) is 2.06. The molecule has 0 radical (unpaired) electrons. The summed E-state index contributed by atoms with van der Waals surface area (Å²) in [7, 11) is 0. The van der Waals surface area contributed by atoms with E-state index in [1.54, 1.807) is 6.07 Å². The van der Waals surface area contributed by atoms with Crippen LogP contribution in [0.5, 0.6) is 0 Å². The monoisotopic (exact) mass is 342 g/mol. The summed E-state index contributed by atoms with van der Waals surface area (Å²) in [4.78, 5) is 10.9. The van der Waals surface area contributed by atoms with Crippen molar-refractivity contribution in [2.75, 3.05) is 11.9 Å². The Balaban J connectivity index is 2.19. The maximum Gasteiger partial charge on any atom is 0.290 e. The van der Waals surface area contributed by atoms with Gasteiger partial charge in [0.2, 0.25) is 5.91 Å². The zero-order chi connectivity index (χ0) is 17.0. The molecule has 0 saturated heterocycles. The predicted molar refractivity (Wildman–Crippen MR) is 83.1 cm³/mol. The summed E-state index contributed by atoms with van der Waals surface area (Å²) in [6.45, 7) is -0.800. The van der Waals surface area contributed by atoms with Crippen LogP contribution in [0.15, 0.2) is 42.5 Å². The number of primary amides is 1. The number of benzene rings is 2. The molecule has 1 amide bonds. The van der Waals surface area contributed by atoms with Crippen LogP contribution in [0.2, 0.25) is 5.02 Å². The first kappa shape index (κ1) is 17.1. The van der Waals surface area contributed by atoms with E-state index in [2.05, 4.69) is 5.32 Å². The number of nitrogens with one attached hydrogen (secondary N) is 1. The third-order valence-corrected chi connectivity index (χ3v) is 3.59. The molecular formula is C16H14ClF3N2O. The lowest BCUT2D eigenvalue weighted by molar-refractivity contribution is -0.117. The van der Waals surface area contributed by atoms with E-state index in [9.17, 15) is 18.0 Å². The highest BCUT2D eigenvalue weighted by atomic mass is 35.5. The van der Waals surface area contributed by atoms with E-state index < -0.39 is 30.6 Å². The number of carbonyl (C=O) groups excluding carboxylic acids is 1. The highest BCUT2D eigenvalue weighted by Gasteiger charge is 2.31. The lowest BCUT2D eigenvalue weighted by Gasteiger charge is -2.19. The van der Waals surface area contributed by atoms with Crippen LogP contribution in [0.1, 0.15) is 11.1 Å². The molecule has 0 spiro atoms. The van der Waals surface area contributed by atoms with Crippen LogP contribution < -0.4 is 11.1 Å². The largest absolute Gasteiger partial charge is 0.376 e. The minimum Gasteiger partial charge on any atom is -0.376 e. The fourth-order valence-corrected chi connectivity index (χ4v) is 2.27. The second kappa shape index (κ2) is 6.91. The number of anilines is 1. The van der Waals surface area contributed by atoms with Gasteiger partial charge in [-0.1, -0.05) is 41.9 Å². The minimum atomic E-state index is -3.18. The molecule has 0 saturated carbocycles. The van der Waals surface area contributed by atoms with Gasteiger partial charge in [-0.2, -0.15) is 8.78 Å². The molecule has 0 aromatic heterocycles. The topological polar surface area (TPSA) is 55.1 Å². The Morgan fingerprint density at radius 3 is 2.43 bits per heavy atom. The predicted octanol–water partition coefficient (Wildman–Crippen LogP) is 3.71. The van der Waals surface area contributed by atoms with Gasteiger partial charge in [0.05, 0.1) is 18.7 Å². The Hall–Kier alpha value is -2.21. The van der Waals surface area contributed by atoms with Gasteiger partial charge >= 0.3 is 0 Å². The highest BCUT2D eigenvalue weighted by Crippen LogP contribution is 2.30. The first-order chi connectivity index (χ1) is 10.8. The van der Waals surface area contributed by atoms with Crippen molar-refractivity contribution in [1.82, 2.24) is 0 Å². The Labute approximate surface area is 136 Å². The van der Waals surface area contributed by atoms with Crippen LogP contribution in [0, 0.1) is 5.82 Å². The Morgan fingerprint density at radius 2 is 1.83 bits per heavy atom. The van der Waals surface area contributed by atoms with Crippen LogP contribution >= 0.6 is 11.6 Å². The van der Waals surface area contributed by atoms with E-state index in [0.717, 1.165) is 0 Å². The van der Waals surface area contributed by atoms with Crippen molar-refractivity contribution in [2.45, 2.75) is 12.3 Å². The summed E-state index contributed by atoms with van der Waals surface area (Å²) in [6, 6.07) is 9.77. The molecule has 2 rings (SSSR count). The van der Waals surface area contributed by atoms with Crippen molar-refractivity contribution in [3.8, 4) is 0 Å². The number of amides is 1. The van der Waals surface area contributed by atoms with Gasteiger partial charge in [-0.05, 0) is 12.1 Å². The van der Waals surface area contributed by atoms with Crippen molar-refractivity contribution in [3.05, 3.63) is 64.4 Å². The molecule has 23 heavy (non-hydrogen) atoms. The van der Waals surface area contributed by atoms with Gasteiger partial charge in [0.1, 0.15) is 0 Å². The van der Waals surface area contributed by atoms with E-state index in [4.69, 9.17) is 17.3 Å². The molecule has 7 heteroatoms. The number of rotatable bonds is 6. The van der Waals surface area contributed by atoms with Crippen LogP contribution in [0.3, 0.4) is 0 Å². The molecule has 0 atom stereocenters. The van der Waals surface area contributed by atoms with Gasteiger partial charge in [-0.15, -0.1) is 0 Å². The quantitative estimate of drug-likeness (QED) is 0.840. The van der Waals surface area contributed by atoms with Crippen molar-refractivity contribution in [1.29, 1.82) is 0 Å². The van der Waals surface area contributed by atoms with Crippen LogP contribution in [0.25, 0.3) is 0 Å². The summed E-state index contributed by atoms with van der Waals surface area (Å²) in [5.74, 6) is -4.81. The second-order valence-electron chi connectivity index (χ2n) is 4.95. The number of halogens is 4. The number of hydrogen-bond acceptors (Lipinski definition) is 2. The molecule has 2 aromatic rings. The molecule has 0 aliphatic carbocycles. The lowest BCUT2D eigenvalue weighted by Crippen LogP contribution is -2.25. The van der Waals surface area contributed by atoms with Crippen LogP contribution in [-0.4, -0.2) is 12.5 Å². The first-order valence-corrected chi connectivity index (χ1v) is 7.11.